The number of carboxylic acid groups (broad SMARTS) is 1. The minimum Gasteiger partial charge on any atom is -0.545 e. The van der Waals surface area contributed by atoms with Gasteiger partial charge in [0.25, 0.3) is 0 Å². The number of carbonyl (C=O) groups is 3. The summed E-state index contributed by atoms with van der Waals surface area (Å²) in [5.74, 6) is -2.34. The zero-order chi connectivity index (χ0) is 76.0. The van der Waals surface area contributed by atoms with Crippen molar-refractivity contribution in [3.63, 3.8) is 0 Å². The monoisotopic (exact) mass is 1460 g/mol. The topological polar surface area (TPSA) is 111 Å². The number of unbranched alkanes of at least 4 members (excludes halogenated alkanes) is 36. The molecule has 0 saturated heterocycles. The summed E-state index contributed by atoms with van der Waals surface area (Å²) in [5.41, 5.74) is 0. The number of rotatable bonds is 79. The maximum atomic E-state index is 13.0. The lowest BCUT2D eigenvalue weighted by atomic mass is 10.0. The van der Waals surface area contributed by atoms with Crippen molar-refractivity contribution in [1.82, 2.24) is 0 Å². The van der Waals surface area contributed by atoms with Crippen LogP contribution in [0, 0.1) is 0 Å². The standard InChI is InChI=1S/C96H161NO8/c1-6-8-10-12-14-16-18-20-22-24-26-28-30-32-34-36-38-40-42-44-46-47-49-50-52-54-56-58-60-62-64-66-68-70-72-74-76-78-80-82-84-86-93(98)103-90-92(91-104-96(95(100)101)102-89-88-97(3,4)5)105-94(99)87-85-83-81-79-77-75-73-71-69-67-65-63-61-59-57-55-53-51-48-45-43-41-39-37-35-33-31-29-27-25-23-21-19-17-15-13-11-9-7-2/h9,11,15,17-18,20-21,23-24,26-27,29,33,35,39,41,45,48,53,55,59,61,65,67,71,73,77,79,92,96H,6-8,10,12-14,16,19,22,25,28,30-32,34,36-38,40,42-44,46-47,49-52,54,56-58,60,62-64,66,68-70,72,74-76,78,80-91H2,1-5H3/b11-9-,17-15-,20-18-,23-21-,26-24-,29-27-,35-33-,41-39-,48-45-,55-53-,61-59-,67-65-,73-71-,79-77-. The molecule has 0 aliphatic rings. The molecule has 0 spiro atoms. The van der Waals surface area contributed by atoms with E-state index in [1.165, 1.54) is 212 Å². The zero-order valence-corrected chi connectivity index (χ0v) is 68.5. The van der Waals surface area contributed by atoms with Gasteiger partial charge in [0.15, 0.2) is 12.4 Å². The predicted octanol–water partition coefficient (Wildman–Crippen LogP) is 27.1. The van der Waals surface area contributed by atoms with Gasteiger partial charge in [-0.3, -0.25) is 9.59 Å². The first kappa shape index (κ1) is 99.7. The first-order valence-corrected chi connectivity index (χ1v) is 43.3. The van der Waals surface area contributed by atoms with Gasteiger partial charge in [0, 0.05) is 12.8 Å². The number of hydrogen-bond donors (Lipinski definition) is 0. The fourth-order valence-corrected chi connectivity index (χ4v) is 11.9. The summed E-state index contributed by atoms with van der Waals surface area (Å²) in [4.78, 5) is 37.6. The Balaban J connectivity index is 4.08. The number of nitrogens with zero attached hydrogens (tertiary/aromatic N) is 1. The Morgan fingerprint density at radius 1 is 0.295 bits per heavy atom. The molecule has 0 aromatic carbocycles. The van der Waals surface area contributed by atoms with Crippen LogP contribution in [0.15, 0.2) is 170 Å². The van der Waals surface area contributed by atoms with Gasteiger partial charge in [-0.25, -0.2) is 0 Å². The van der Waals surface area contributed by atoms with E-state index in [0.29, 0.717) is 17.4 Å². The molecule has 0 aromatic heterocycles. The van der Waals surface area contributed by atoms with Crippen molar-refractivity contribution in [3.8, 4) is 0 Å². The molecule has 0 heterocycles. The molecule has 9 heteroatoms. The Hall–Kier alpha value is -5.35. The van der Waals surface area contributed by atoms with Crippen molar-refractivity contribution in [2.24, 2.45) is 0 Å². The molecule has 2 unspecified atom stereocenters. The summed E-state index contributed by atoms with van der Waals surface area (Å²) in [6, 6.07) is 0. The number of likely N-dealkylation sites (N-methyl/N-ethyl adjacent to an activating group) is 1. The highest BCUT2D eigenvalue weighted by atomic mass is 16.7. The van der Waals surface area contributed by atoms with Gasteiger partial charge in [-0.15, -0.1) is 0 Å². The van der Waals surface area contributed by atoms with Crippen LogP contribution >= 0.6 is 0 Å². The van der Waals surface area contributed by atoms with Crippen molar-refractivity contribution in [3.05, 3.63) is 170 Å². The first-order chi connectivity index (χ1) is 51.6. The number of allylic oxidation sites excluding steroid dienone is 28. The smallest absolute Gasteiger partial charge is 0.306 e. The van der Waals surface area contributed by atoms with Gasteiger partial charge in [-0.05, 0) is 135 Å². The molecule has 0 aliphatic carbocycles. The maximum absolute atomic E-state index is 13.0. The van der Waals surface area contributed by atoms with Crippen LogP contribution in [0.25, 0.3) is 0 Å². The van der Waals surface area contributed by atoms with E-state index in [-0.39, 0.29) is 38.6 Å². The van der Waals surface area contributed by atoms with Gasteiger partial charge in [0.2, 0.25) is 0 Å². The third-order valence-corrected chi connectivity index (χ3v) is 18.4. The molecule has 105 heavy (non-hydrogen) atoms. The minimum absolute atomic E-state index is 0.132. The van der Waals surface area contributed by atoms with E-state index in [0.717, 1.165) is 116 Å². The lowest BCUT2D eigenvalue weighted by Crippen LogP contribution is -2.44. The summed E-state index contributed by atoms with van der Waals surface area (Å²) in [6.07, 6.45) is 124. The van der Waals surface area contributed by atoms with E-state index < -0.39 is 24.3 Å². The first-order valence-electron chi connectivity index (χ1n) is 43.3. The second-order valence-corrected chi connectivity index (χ2v) is 29.7. The van der Waals surface area contributed by atoms with Crippen LogP contribution in [-0.2, 0) is 33.3 Å². The van der Waals surface area contributed by atoms with Crippen molar-refractivity contribution in [2.75, 3.05) is 47.5 Å². The van der Waals surface area contributed by atoms with Gasteiger partial charge in [0.05, 0.1) is 40.3 Å². The molecule has 9 nitrogen and oxygen atoms in total. The third-order valence-electron chi connectivity index (χ3n) is 18.4. The van der Waals surface area contributed by atoms with Gasteiger partial charge < -0.3 is 33.3 Å². The van der Waals surface area contributed by atoms with Crippen LogP contribution < -0.4 is 5.11 Å². The van der Waals surface area contributed by atoms with Gasteiger partial charge >= 0.3 is 11.9 Å². The van der Waals surface area contributed by atoms with E-state index in [1.807, 2.05) is 21.1 Å². The molecule has 0 aliphatic heterocycles. The van der Waals surface area contributed by atoms with Crippen molar-refractivity contribution < 1.29 is 42.9 Å². The van der Waals surface area contributed by atoms with E-state index in [1.54, 1.807) is 0 Å². The molecule has 0 saturated carbocycles. The molecule has 2 atom stereocenters. The predicted molar refractivity (Wildman–Crippen MR) is 453 cm³/mol. The number of carbonyl (C=O) groups excluding carboxylic acids is 3. The lowest BCUT2D eigenvalue weighted by molar-refractivity contribution is -0.870. The molecule has 0 fully saturated rings. The highest BCUT2D eigenvalue weighted by Gasteiger charge is 2.22. The van der Waals surface area contributed by atoms with Gasteiger partial charge in [0.1, 0.15) is 13.2 Å². The summed E-state index contributed by atoms with van der Waals surface area (Å²) < 4.78 is 22.8. The molecule has 0 aromatic rings. The quantitative estimate of drug-likeness (QED) is 0.0195. The second kappa shape index (κ2) is 84.3. The van der Waals surface area contributed by atoms with Crippen LogP contribution in [-0.4, -0.2) is 82.3 Å². The van der Waals surface area contributed by atoms with E-state index in [9.17, 15) is 19.5 Å². The molecule has 0 N–H and O–H groups in total. The van der Waals surface area contributed by atoms with Crippen LogP contribution in [0.2, 0.25) is 0 Å². The van der Waals surface area contributed by atoms with E-state index in [2.05, 4.69) is 184 Å². The number of esters is 2. The molecular formula is C96H161NO8. The lowest BCUT2D eigenvalue weighted by Gasteiger charge is -2.26. The fourth-order valence-electron chi connectivity index (χ4n) is 11.9. The van der Waals surface area contributed by atoms with Gasteiger partial charge in [-0.1, -0.05) is 383 Å². The molecule has 0 radical (unpaired) electrons. The van der Waals surface area contributed by atoms with Crippen LogP contribution in [0.4, 0.5) is 0 Å². The third kappa shape index (κ3) is 85.8. The van der Waals surface area contributed by atoms with Crippen molar-refractivity contribution in [1.29, 1.82) is 0 Å². The van der Waals surface area contributed by atoms with Crippen molar-refractivity contribution >= 4 is 17.9 Å². The Morgan fingerprint density at radius 3 is 0.829 bits per heavy atom. The second-order valence-electron chi connectivity index (χ2n) is 29.7. The summed E-state index contributed by atoms with van der Waals surface area (Å²) in [5, 5.41) is 11.9. The Bertz CT molecular complexity index is 2350. The highest BCUT2D eigenvalue weighted by molar-refractivity contribution is 5.70. The van der Waals surface area contributed by atoms with Crippen LogP contribution in [0.3, 0.4) is 0 Å². The summed E-state index contributed by atoms with van der Waals surface area (Å²) in [7, 11) is 5.92. The highest BCUT2D eigenvalue weighted by Crippen LogP contribution is 2.19. The zero-order valence-electron chi connectivity index (χ0n) is 68.5. The van der Waals surface area contributed by atoms with Crippen molar-refractivity contribution in [2.45, 2.75) is 373 Å². The number of hydrogen-bond acceptors (Lipinski definition) is 8. The molecule has 598 valence electrons. The number of aliphatic carboxylic acids is 1. The number of ether oxygens (including phenoxy) is 4. The Kier molecular flexibility index (Phi) is 80.0. The Labute approximate surface area is 647 Å². The fraction of sp³-hybridized carbons (Fsp3) is 0.677. The maximum Gasteiger partial charge on any atom is 0.306 e. The Morgan fingerprint density at radius 2 is 0.543 bits per heavy atom. The number of carboxylic acids is 1. The molecular weight excluding hydrogens is 1300 g/mol. The van der Waals surface area contributed by atoms with Gasteiger partial charge in [-0.2, -0.15) is 0 Å². The molecule has 0 amide bonds. The van der Waals surface area contributed by atoms with E-state index in [4.69, 9.17) is 18.9 Å². The van der Waals surface area contributed by atoms with Crippen LogP contribution in [0.1, 0.15) is 361 Å². The number of quaternary nitrogens is 1. The average Bonchev–Trinajstić information content (AvgIpc) is 1.97. The minimum atomic E-state index is -1.64. The summed E-state index contributed by atoms with van der Waals surface area (Å²) in [6.45, 7) is 4.59. The van der Waals surface area contributed by atoms with E-state index >= 15 is 0 Å². The van der Waals surface area contributed by atoms with Crippen LogP contribution in [0.5, 0.6) is 0 Å². The SMILES string of the molecule is CC/C=C\C/C=C\C/C=C\C/C=C\C/C=C\C/C=C\C/C=C\C/C=C\C/C=C\C/C=C\C/C=C\C/C=C\CCCCC(=O)OC(COC(=O)CCCCCCCCCCCCCCCCCCCCCCCCCCCCCCC/C=C\C/C=C\CCCCCCC)COC(OCC[N+](C)(C)C)C(=O)[O-]. The largest absolute Gasteiger partial charge is 0.545 e. The normalized spacial score (nSPS) is 13.5. The molecule has 0 bridgehead atoms. The molecule has 0 rings (SSSR count). The summed E-state index contributed by atoms with van der Waals surface area (Å²) >= 11 is 0. The average molecular weight is 1460 g/mol.